The molecule has 19 heavy (non-hydrogen) atoms. The maximum absolute atomic E-state index is 12.9. The highest BCUT2D eigenvalue weighted by molar-refractivity contribution is 9.10. The van der Waals surface area contributed by atoms with Gasteiger partial charge in [-0.1, -0.05) is 42.3 Å². The van der Waals surface area contributed by atoms with Crippen molar-refractivity contribution >= 4 is 15.9 Å². The Morgan fingerprint density at radius 2 is 2.00 bits per heavy atom. The second kappa shape index (κ2) is 6.72. The van der Waals surface area contributed by atoms with Gasteiger partial charge in [-0.3, -0.25) is 11.3 Å². The fraction of sp³-hybridized carbons (Fsp3) is 0.538. The summed E-state index contributed by atoms with van der Waals surface area (Å²) in [6, 6.07) is 3.95. The third-order valence-electron chi connectivity index (χ3n) is 3.15. The van der Waals surface area contributed by atoms with Gasteiger partial charge in [0.15, 0.2) is 0 Å². The van der Waals surface area contributed by atoms with Crippen LogP contribution in [0.25, 0.3) is 0 Å². The van der Waals surface area contributed by atoms with Gasteiger partial charge in [0.1, 0.15) is 0 Å². The van der Waals surface area contributed by atoms with Crippen LogP contribution in [0.1, 0.15) is 43.9 Å². The number of benzene rings is 1. The number of hydrogen-bond acceptors (Lipinski definition) is 2. The highest BCUT2D eigenvalue weighted by Crippen LogP contribution is 2.37. The first-order chi connectivity index (χ1) is 8.81. The first kappa shape index (κ1) is 16.5. The molecule has 108 valence electrons. The molecule has 0 spiro atoms. The van der Waals surface area contributed by atoms with Crippen molar-refractivity contribution in [2.75, 3.05) is 0 Å². The summed E-state index contributed by atoms with van der Waals surface area (Å²) in [6.45, 7) is 4.01. The normalized spacial score (nSPS) is 15.3. The van der Waals surface area contributed by atoms with E-state index in [1.54, 1.807) is 6.07 Å². The largest absolute Gasteiger partial charge is 0.417 e. The number of alkyl halides is 3. The van der Waals surface area contributed by atoms with Gasteiger partial charge in [0.2, 0.25) is 0 Å². The standard InChI is InChI=1S/C13H18BrF3N2/c1-3-4-8(2)12(19-18)9-5-6-11(14)10(7-9)13(15,16)17/h5-8,12,19H,3-4,18H2,1-2H3. The number of nitrogens with two attached hydrogens (primary N) is 1. The Balaban J connectivity index is 3.12. The van der Waals surface area contributed by atoms with Crippen molar-refractivity contribution in [1.29, 1.82) is 0 Å². The molecule has 0 heterocycles. The predicted octanol–water partition coefficient (Wildman–Crippen LogP) is 4.41. The van der Waals surface area contributed by atoms with Gasteiger partial charge >= 0.3 is 6.18 Å². The van der Waals surface area contributed by atoms with Crippen molar-refractivity contribution in [3.05, 3.63) is 33.8 Å². The van der Waals surface area contributed by atoms with Crippen LogP contribution >= 0.6 is 15.9 Å². The molecule has 2 unspecified atom stereocenters. The quantitative estimate of drug-likeness (QED) is 0.616. The molecular formula is C13H18BrF3N2. The lowest BCUT2D eigenvalue weighted by Crippen LogP contribution is -2.32. The van der Waals surface area contributed by atoms with Crippen LogP contribution in [0.5, 0.6) is 0 Å². The zero-order valence-corrected chi connectivity index (χ0v) is 12.5. The van der Waals surface area contributed by atoms with Crippen LogP contribution in [-0.2, 0) is 6.18 Å². The lowest BCUT2D eigenvalue weighted by Gasteiger charge is -2.24. The summed E-state index contributed by atoms with van der Waals surface area (Å²) in [7, 11) is 0. The van der Waals surface area contributed by atoms with Crippen molar-refractivity contribution in [2.45, 2.75) is 38.9 Å². The van der Waals surface area contributed by atoms with E-state index < -0.39 is 11.7 Å². The van der Waals surface area contributed by atoms with Crippen LogP contribution in [-0.4, -0.2) is 0 Å². The van der Waals surface area contributed by atoms with E-state index >= 15 is 0 Å². The van der Waals surface area contributed by atoms with Crippen LogP contribution in [0.15, 0.2) is 22.7 Å². The van der Waals surface area contributed by atoms with E-state index in [4.69, 9.17) is 5.84 Å². The lowest BCUT2D eigenvalue weighted by molar-refractivity contribution is -0.138. The zero-order valence-electron chi connectivity index (χ0n) is 10.9. The molecule has 2 atom stereocenters. The van der Waals surface area contributed by atoms with E-state index in [9.17, 15) is 13.2 Å². The van der Waals surface area contributed by atoms with E-state index in [-0.39, 0.29) is 16.4 Å². The van der Waals surface area contributed by atoms with Gasteiger partial charge < -0.3 is 0 Å². The van der Waals surface area contributed by atoms with E-state index in [0.29, 0.717) is 5.56 Å². The average molecular weight is 339 g/mol. The zero-order chi connectivity index (χ0) is 14.6. The highest BCUT2D eigenvalue weighted by atomic mass is 79.9. The third-order valence-corrected chi connectivity index (χ3v) is 3.84. The summed E-state index contributed by atoms with van der Waals surface area (Å²) in [6.07, 6.45) is -2.52. The van der Waals surface area contributed by atoms with E-state index in [2.05, 4.69) is 21.4 Å². The molecule has 0 saturated heterocycles. The van der Waals surface area contributed by atoms with E-state index in [1.807, 2.05) is 13.8 Å². The number of hydrazine groups is 1. The molecule has 3 N–H and O–H groups in total. The number of halogens is 4. The summed E-state index contributed by atoms with van der Waals surface area (Å²) >= 11 is 2.93. The van der Waals surface area contributed by atoms with Crippen LogP contribution in [0, 0.1) is 5.92 Å². The Labute approximate surface area is 119 Å². The fourth-order valence-electron chi connectivity index (χ4n) is 2.16. The summed E-state index contributed by atoms with van der Waals surface area (Å²) < 4.78 is 38.6. The molecule has 1 rings (SSSR count). The first-order valence-corrected chi connectivity index (χ1v) is 6.93. The minimum Gasteiger partial charge on any atom is -0.271 e. The lowest BCUT2D eigenvalue weighted by atomic mass is 9.90. The molecule has 1 aromatic carbocycles. The fourth-order valence-corrected chi connectivity index (χ4v) is 2.64. The van der Waals surface area contributed by atoms with Gasteiger partial charge in [0, 0.05) is 10.5 Å². The molecule has 2 nitrogen and oxygen atoms in total. The molecule has 0 bridgehead atoms. The molecule has 1 aromatic rings. The summed E-state index contributed by atoms with van der Waals surface area (Å²) in [4.78, 5) is 0. The summed E-state index contributed by atoms with van der Waals surface area (Å²) in [5.41, 5.74) is 2.50. The molecule has 0 aliphatic heterocycles. The third kappa shape index (κ3) is 4.19. The Bertz CT molecular complexity index is 421. The van der Waals surface area contributed by atoms with Gasteiger partial charge in [-0.2, -0.15) is 13.2 Å². The van der Waals surface area contributed by atoms with Gasteiger partial charge in [-0.05, 0) is 30.0 Å². The second-order valence-electron chi connectivity index (χ2n) is 4.65. The predicted molar refractivity (Wildman–Crippen MR) is 73.3 cm³/mol. The molecule has 0 aliphatic carbocycles. The number of hydrogen-bond donors (Lipinski definition) is 2. The van der Waals surface area contributed by atoms with Gasteiger partial charge in [0.05, 0.1) is 5.56 Å². The topological polar surface area (TPSA) is 38.0 Å². The molecule has 0 radical (unpaired) electrons. The summed E-state index contributed by atoms with van der Waals surface area (Å²) in [5, 5.41) is 0. The molecule has 0 saturated carbocycles. The van der Waals surface area contributed by atoms with Crippen LogP contribution in [0.2, 0.25) is 0 Å². The minimum atomic E-state index is -4.37. The Hall–Kier alpha value is -0.590. The molecule has 0 fully saturated rings. The smallest absolute Gasteiger partial charge is 0.271 e. The Morgan fingerprint density at radius 1 is 1.37 bits per heavy atom. The first-order valence-electron chi connectivity index (χ1n) is 6.14. The monoisotopic (exact) mass is 338 g/mol. The van der Waals surface area contributed by atoms with Crippen molar-refractivity contribution in [3.8, 4) is 0 Å². The Kier molecular flexibility index (Phi) is 5.82. The second-order valence-corrected chi connectivity index (χ2v) is 5.50. The molecule has 0 aliphatic rings. The van der Waals surface area contributed by atoms with Crippen molar-refractivity contribution in [2.24, 2.45) is 11.8 Å². The van der Waals surface area contributed by atoms with Crippen LogP contribution < -0.4 is 11.3 Å². The average Bonchev–Trinajstić information content (AvgIpc) is 2.31. The van der Waals surface area contributed by atoms with Crippen LogP contribution in [0.3, 0.4) is 0 Å². The number of nitrogens with one attached hydrogen (secondary N) is 1. The molecule has 6 heteroatoms. The van der Waals surface area contributed by atoms with Crippen molar-refractivity contribution in [3.63, 3.8) is 0 Å². The molecule has 0 aromatic heterocycles. The van der Waals surface area contributed by atoms with Crippen molar-refractivity contribution in [1.82, 2.24) is 5.43 Å². The minimum absolute atomic E-state index is 0.0441. The molecular weight excluding hydrogens is 321 g/mol. The van der Waals surface area contributed by atoms with Gasteiger partial charge in [-0.25, -0.2) is 0 Å². The highest BCUT2D eigenvalue weighted by Gasteiger charge is 2.34. The van der Waals surface area contributed by atoms with Gasteiger partial charge in [-0.15, -0.1) is 0 Å². The van der Waals surface area contributed by atoms with E-state index in [1.165, 1.54) is 6.07 Å². The van der Waals surface area contributed by atoms with Gasteiger partial charge in [0.25, 0.3) is 0 Å². The number of rotatable bonds is 5. The molecule has 0 amide bonds. The van der Waals surface area contributed by atoms with E-state index in [0.717, 1.165) is 18.9 Å². The maximum atomic E-state index is 12.9. The summed E-state index contributed by atoms with van der Waals surface area (Å²) in [5.74, 6) is 5.65. The van der Waals surface area contributed by atoms with Crippen LogP contribution in [0.4, 0.5) is 13.2 Å². The maximum Gasteiger partial charge on any atom is 0.417 e. The van der Waals surface area contributed by atoms with Crippen molar-refractivity contribution < 1.29 is 13.2 Å². The Morgan fingerprint density at radius 3 is 2.47 bits per heavy atom. The SMILES string of the molecule is CCCC(C)C(NN)c1ccc(Br)c(C(F)(F)F)c1.